The third kappa shape index (κ3) is 4.94. The molecule has 1 aromatic heterocycles. The van der Waals surface area contributed by atoms with Gasteiger partial charge in [0.2, 0.25) is 0 Å². The zero-order chi connectivity index (χ0) is 18.9. The second-order valence-electron chi connectivity index (χ2n) is 9.00. The quantitative estimate of drug-likeness (QED) is 0.794. The Morgan fingerprint density at radius 1 is 1.08 bits per heavy atom. The van der Waals surface area contributed by atoms with E-state index < -0.39 is 9.84 Å². The molecule has 3 rings (SSSR count). The van der Waals surface area contributed by atoms with Crippen molar-refractivity contribution >= 4 is 9.84 Å². The molecule has 0 saturated carbocycles. The molecular formula is C19H31N3O3S. The summed E-state index contributed by atoms with van der Waals surface area (Å²) in [5, 5.41) is 4.58. The summed E-state index contributed by atoms with van der Waals surface area (Å²) in [5.41, 5.74) is 0.842. The normalized spacial score (nSPS) is 24.8. The van der Waals surface area contributed by atoms with Crippen molar-refractivity contribution < 1.29 is 8.42 Å². The van der Waals surface area contributed by atoms with Crippen LogP contribution in [0.1, 0.15) is 45.7 Å². The maximum Gasteiger partial charge on any atom is 0.266 e. The first kappa shape index (κ1) is 19.5. The predicted molar refractivity (Wildman–Crippen MR) is 103 cm³/mol. The SMILES string of the molecule is CC(C)(C)c1ccc(=O)n(CC2CCN(CC3CCS(=O)(=O)C3)CC2)n1. The number of aromatic nitrogens is 2. The topological polar surface area (TPSA) is 72.3 Å². The molecule has 0 aromatic carbocycles. The lowest BCUT2D eigenvalue weighted by Gasteiger charge is -2.33. The highest BCUT2D eigenvalue weighted by molar-refractivity contribution is 7.91. The molecule has 0 amide bonds. The van der Waals surface area contributed by atoms with Crippen LogP contribution < -0.4 is 5.56 Å². The highest BCUT2D eigenvalue weighted by Crippen LogP contribution is 2.24. The smallest absolute Gasteiger partial charge is 0.266 e. The molecule has 2 aliphatic rings. The number of likely N-dealkylation sites (tertiary alicyclic amines) is 1. The fourth-order valence-corrected chi connectivity index (χ4v) is 5.81. The van der Waals surface area contributed by atoms with Crippen LogP contribution in [0.25, 0.3) is 0 Å². The van der Waals surface area contributed by atoms with Crippen molar-refractivity contribution in [2.75, 3.05) is 31.1 Å². The molecule has 0 radical (unpaired) electrons. The largest absolute Gasteiger partial charge is 0.303 e. The van der Waals surface area contributed by atoms with Crippen molar-refractivity contribution in [2.24, 2.45) is 11.8 Å². The van der Waals surface area contributed by atoms with E-state index in [1.54, 1.807) is 10.7 Å². The Labute approximate surface area is 156 Å². The number of hydrogen-bond acceptors (Lipinski definition) is 5. The standard InChI is InChI=1S/C19H31N3O3S/c1-19(2,3)17-4-5-18(23)22(20-17)13-15-6-9-21(10-7-15)12-16-8-11-26(24,25)14-16/h4-5,15-16H,6-14H2,1-3H3. The second kappa shape index (κ2) is 7.43. The van der Waals surface area contributed by atoms with Gasteiger partial charge in [0.25, 0.3) is 5.56 Å². The van der Waals surface area contributed by atoms with Crippen molar-refractivity contribution in [3.8, 4) is 0 Å². The van der Waals surface area contributed by atoms with Gasteiger partial charge in [-0.05, 0) is 50.3 Å². The van der Waals surface area contributed by atoms with Gasteiger partial charge in [-0.1, -0.05) is 20.8 Å². The Morgan fingerprint density at radius 2 is 1.77 bits per heavy atom. The third-order valence-electron chi connectivity index (χ3n) is 5.62. The lowest BCUT2D eigenvalue weighted by molar-refractivity contribution is 0.153. The summed E-state index contributed by atoms with van der Waals surface area (Å²) in [6, 6.07) is 3.46. The number of nitrogens with zero attached hydrogens (tertiary/aromatic N) is 3. The monoisotopic (exact) mass is 381 g/mol. The molecule has 1 aromatic rings. The summed E-state index contributed by atoms with van der Waals surface area (Å²) in [6.45, 7) is 9.84. The Morgan fingerprint density at radius 3 is 2.35 bits per heavy atom. The first-order chi connectivity index (χ1) is 12.1. The van der Waals surface area contributed by atoms with E-state index in [2.05, 4.69) is 30.8 Å². The highest BCUT2D eigenvalue weighted by atomic mass is 32.2. The summed E-state index contributed by atoms with van der Waals surface area (Å²) in [4.78, 5) is 14.6. The van der Waals surface area contributed by atoms with Gasteiger partial charge >= 0.3 is 0 Å². The van der Waals surface area contributed by atoms with Gasteiger partial charge in [0.15, 0.2) is 9.84 Å². The van der Waals surface area contributed by atoms with Gasteiger partial charge in [0, 0.05) is 24.6 Å². The molecule has 0 bridgehead atoms. The molecule has 0 spiro atoms. The predicted octanol–water partition coefficient (Wildman–Crippen LogP) is 1.69. The van der Waals surface area contributed by atoms with Gasteiger partial charge in [-0.3, -0.25) is 4.79 Å². The minimum absolute atomic E-state index is 0.0309. The molecule has 2 saturated heterocycles. The van der Waals surface area contributed by atoms with Gasteiger partial charge in [0.05, 0.1) is 17.2 Å². The van der Waals surface area contributed by atoms with E-state index in [-0.39, 0.29) is 11.0 Å². The molecule has 1 unspecified atom stereocenters. The Kier molecular flexibility index (Phi) is 5.58. The lowest BCUT2D eigenvalue weighted by Crippen LogP contribution is -2.39. The summed E-state index contributed by atoms with van der Waals surface area (Å²) < 4.78 is 24.8. The molecule has 1 atom stereocenters. The molecule has 3 heterocycles. The molecule has 0 aliphatic carbocycles. The first-order valence-corrected chi connectivity index (χ1v) is 11.5. The van der Waals surface area contributed by atoms with E-state index >= 15 is 0 Å². The summed E-state index contributed by atoms with van der Waals surface area (Å²) in [7, 11) is -2.79. The average Bonchev–Trinajstić information content (AvgIpc) is 2.89. The summed E-state index contributed by atoms with van der Waals surface area (Å²) in [5.74, 6) is 1.46. The molecule has 26 heavy (non-hydrogen) atoms. The van der Waals surface area contributed by atoms with E-state index in [0.717, 1.165) is 44.6 Å². The van der Waals surface area contributed by atoms with Crippen LogP contribution in [0.4, 0.5) is 0 Å². The summed E-state index contributed by atoms with van der Waals surface area (Å²) in [6.07, 6.45) is 2.88. The van der Waals surface area contributed by atoms with Crippen LogP contribution in [-0.4, -0.2) is 54.2 Å². The van der Waals surface area contributed by atoms with Crippen LogP contribution >= 0.6 is 0 Å². The number of hydrogen-bond donors (Lipinski definition) is 0. The van der Waals surface area contributed by atoms with Crippen LogP contribution in [0.3, 0.4) is 0 Å². The molecule has 7 heteroatoms. The van der Waals surface area contributed by atoms with Crippen molar-refractivity contribution in [2.45, 2.75) is 52.0 Å². The zero-order valence-electron chi connectivity index (χ0n) is 16.1. The maximum absolute atomic E-state index is 12.2. The van der Waals surface area contributed by atoms with Gasteiger partial charge in [-0.25, -0.2) is 13.1 Å². The summed E-state index contributed by atoms with van der Waals surface area (Å²) >= 11 is 0. The van der Waals surface area contributed by atoms with Crippen LogP contribution in [0, 0.1) is 11.8 Å². The molecule has 2 aliphatic heterocycles. The molecule has 6 nitrogen and oxygen atoms in total. The van der Waals surface area contributed by atoms with Crippen molar-refractivity contribution in [3.05, 3.63) is 28.2 Å². The van der Waals surface area contributed by atoms with Crippen LogP contribution in [0.5, 0.6) is 0 Å². The first-order valence-electron chi connectivity index (χ1n) is 9.64. The van der Waals surface area contributed by atoms with Gasteiger partial charge in [-0.2, -0.15) is 5.10 Å². The minimum atomic E-state index is -2.79. The molecule has 2 fully saturated rings. The Hall–Kier alpha value is -1.21. The van der Waals surface area contributed by atoms with E-state index in [0.29, 0.717) is 29.9 Å². The maximum atomic E-state index is 12.2. The fourth-order valence-electron chi connectivity index (χ4n) is 3.96. The molecule has 0 N–H and O–H groups in total. The number of sulfone groups is 1. The third-order valence-corrected chi connectivity index (χ3v) is 7.45. The van der Waals surface area contributed by atoms with Crippen molar-refractivity contribution in [1.29, 1.82) is 0 Å². The van der Waals surface area contributed by atoms with E-state index in [1.165, 1.54) is 0 Å². The second-order valence-corrected chi connectivity index (χ2v) is 11.2. The number of rotatable bonds is 4. The Balaban J connectivity index is 1.54. The lowest BCUT2D eigenvalue weighted by atomic mass is 9.92. The van der Waals surface area contributed by atoms with Gasteiger partial charge < -0.3 is 4.90 Å². The van der Waals surface area contributed by atoms with Crippen molar-refractivity contribution in [1.82, 2.24) is 14.7 Å². The van der Waals surface area contributed by atoms with Gasteiger partial charge in [0.1, 0.15) is 0 Å². The zero-order valence-corrected chi connectivity index (χ0v) is 17.0. The van der Waals surface area contributed by atoms with Gasteiger partial charge in [-0.15, -0.1) is 0 Å². The average molecular weight is 382 g/mol. The number of piperidine rings is 1. The van der Waals surface area contributed by atoms with E-state index in [4.69, 9.17) is 0 Å². The molecule has 146 valence electrons. The van der Waals surface area contributed by atoms with E-state index in [1.807, 2.05) is 6.07 Å². The minimum Gasteiger partial charge on any atom is -0.303 e. The van der Waals surface area contributed by atoms with Crippen molar-refractivity contribution in [3.63, 3.8) is 0 Å². The van der Waals surface area contributed by atoms with Crippen LogP contribution in [0.2, 0.25) is 0 Å². The highest BCUT2D eigenvalue weighted by Gasteiger charge is 2.30. The fraction of sp³-hybridized carbons (Fsp3) is 0.789. The van der Waals surface area contributed by atoms with Crippen LogP contribution in [-0.2, 0) is 21.8 Å². The Bertz CT molecular complexity index is 787. The molecular weight excluding hydrogens is 350 g/mol. The van der Waals surface area contributed by atoms with Crippen LogP contribution in [0.15, 0.2) is 16.9 Å². The van der Waals surface area contributed by atoms with E-state index in [9.17, 15) is 13.2 Å².